The van der Waals surface area contributed by atoms with E-state index in [1.54, 1.807) is 18.2 Å². The lowest BCUT2D eigenvalue weighted by Gasteiger charge is -2.17. The van der Waals surface area contributed by atoms with Gasteiger partial charge in [0.2, 0.25) is 5.91 Å². The minimum absolute atomic E-state index is 0.0453. The number of imide groups is 1. The second-order valence-corrected chi connectivity index (χ2v) is 5.88. The van der Waals surface area contributed by atoms with E-state index < -0.39 is 0 Å². The maximum atomic E-state index is 12.3. The molecule has 4 nitrogen and oxygen atoms in total. The average Bonchev–Trinajstić information content (AvgIpc) is 2.67. The molecule has 0 atom stereocenters. The van der Waals surface area contributed by atoms with Crippen LogP contribution in [0.5, 0.6) is 5.75 Å². The Kier molecular flexibility index (Phi) is 4.37. The van der Waals surface area contributed by atoms with Crippen LogP contribution in [0.2, 0.25) is 5.02 Å². The number of nitrogens with zero attached hydrogens (tertiary/aromatic N) is 1. The number of carbonyl (C=O) groups excluding carboxylic acids is 2. The predicted molar refractivity (Wildman–Crippen MR) is 82.7 cm³/mol. The molecule has 2 amide bonds. The van der Waals surface area contributed by atoms with E-state index in [1.165, 1.54) is 4.90 Å². The fraction of sp³-hybridized carbons (Fsp3) is 0.375. The third kappa shape index (κ3) is 3.10. The van der Waals surface area contributed by atoms with E-state index in [1.807, 2.05) is 27.7 Å². The Morgan fingerprint density at radius 2 is 1.95 bits per heavy atom. The van der Waals surface area contributed by atoms with E-state index in [9.17, 15) is 9.59 Å². The van der Waals surface area contributed by atoms with Crippen molar-refractivity contribution in [3.05, 3.63) is 34.4 Å². The summed E-state index contributed by atoms with van der Waals surface area (Å²) >= 11 is 6.08. The molecule has 1 aromatic carbocycles. The van der Waals surface area contributed by atoms with Crippen molar-refractivity contribution in [2.24, 2.45) is 0 Å². The number of anilines is 1. The molecule has 0 aliphatic carbocycles. The summed E-state index contributed by atoms with van der Waals surface area (Å²) in [6, 6.07) is 4.92. The standard InChI is InChI=1S/C16H18ClNO3/c1-9(2)12-8-15(19)18(16(12)20)11-5-6-13(17)14(7-11)21-10(3)4/h5-7,10H,8H2,1-4H3. The van der Waals surface area contributed by atoms with Crippen molar-refractivity contribution in [1.82, 2.24) is 0 Å². The summed E-state index contributed by atoms with van der Waals surface area (Å²) in [5, 5.41) is 0.453. The van der Waals surface area contributed by atoms with Gasteiger partial charge in [-0.3, -0.25) is 9.59 Å². The van der Waals surface area contributed by atoms with Crippen molar-refractivity contribution in [2.45, 2.75) is 40.2 Å². The minimum Gasteiger partial charge on any atom is -0.489 e. The third-order valence-corrected chi connectivity index (χ3v) is 3.49. The summed E-state index contributed by atoms with van der Waals surface area (Å²) in [7, 11) is 0. The maximum Gasteiger partial charge on any atom is 0.261 e. The first-order chi connectivity index (χ1) is 9.81. The number of benzene rings is 1. The molecule has 1 aliphatic heterocycles. The molecule has 0 bridgehead atoms. The Morgan fingerprint density at radius 1 is 1.29 bits per heavy atom. The van der Waals surface area contributed by atoms with Crippen molar-refractivity contribution < 1.29 is 14.3 Å². The number of halogens is 1. The Balaban J connectivity index is 2.41. The lowest BCUT2D eigenvalue weighted by atomic mass is 10.1. The van der Waals surface area contributed by atoms with Crippen LogP contribution >= 0.6 is 11.6 Å². The highest BCUT2D eigenvalue weighted by Crippen LogP contribution is 2.34. The van der Waals surface area contributed by atoms with Gasteiger partial charge in [-0.2, -0.15) is 0 Å². The number of hydrogen-bond acceptors (Lipinski definition) is 3. The van der Waals surface area contributed by atoms with E-state index in [4.69, 9.17) is 16.3 Å². The highest BCUT2D eigenvalue weighted by atomic mass is 35.5. The van der Waals surface area contributed by atoms with Gasteiger partial charge in [0.15, 0.2) is 0 Å². The van der Waals surface area contributed by atoms with Crippen LogP contribution in [0.4, 0.5) is 5.69 Å². The van der Waals surface area contributed by atoms with Gasteiger partial charge in [-0.15, -0.1) is 0 Å². The van der Waals surface area contributed by atoms with Gasteiger partial charge < -0.3 is 4.74 Å². The van der Waals surface area contributed by atoms with Crippen LogP contribution in [0, 0.1) is 0 Å². The number of allylic oxidation sites excluding steroid dienone is 1. The van der Waals surface area contributed by atoms with Crippen LogP contribution in [0.3, 0.4) is 0 Å². The van der Waals surface area contributed by atoms with Crippen LogP contribution in [-0.2, 0) is 9.59 Å². The molecule has 112 valence electrons. The van der Waals surface area contributed by atoms with Crippen LogP contribution in [0.25, 0.3) is 0 Å². The van der Waals surface area contributed by atoms with Gasteiger partial charge in [0.1, 0.15) is 5.75 Å². The van der Waals surface area contributed by atoms with Crippen molar-refractivity contribution >= 4 is 29.1 Å². The first-order valence-corrected chi connectivity index (χ1v) is 7.19. The third-order valence-electron chi connectivity index (χ3n) is 3.18. The maximum absolute atomic E-state index is 12.3. The molecule has 1 fully saturated rings. The zero-order valence-corrected chi connectivity index (χ0v) is 13.3. The number of amides is 2. The average molecular weight is 308 g/mol. The smallest absolute Gasteiger partial charge is 0.261 e. The van der Waals surface area contributed by atoms with Gasteiger partial charge in [0.25, 0.3) is 5.91 Å². The molecular weight excluding hydrogens is 290 g/mol. The Morgan fingerprint density at radius 3 is 2.48 bits per heavy atom. The second-order valence-electron chi connectivity index (χ2n) is 5.47. The summed E-state index contributed by atoms with van der Waals surface area (Å²) in [6.07, 6.45) is 0.0977. The normalized spacial score (nSPS) is 15.1. The molecular formula is C16H18ClNO3. The number of hydrogen-bond donors (Lipinski definition) is 0. The zero-order chi connectivity index (χ0) is 15.7. The Labute approximate surface area is 129 Å². The molecule has 1 aliphatic rings. The highest BCUT2D eigenvalue weighted by molar-refractivity contribution is 6.32. The molecule has 0 radical (unpaired) electrons. The van der Waals surface area contributed by atoms with Crippen LogP contribution in [0.15, 0.2) is 29.3 Å². The fourth-order valence-electron chi connectivity index (χ4n) is 2.18. The highest BCUT2D eigenvalue weighted by Gasteiger charge is 2.35. The lowest BCUT2D eigenvalue weighted by Crippen LogP contribution is -2.29. The molecule has 1 aromatic rings. The van der Waals surface area contributed by atoms with E-state index in [0.29, 0.717) is 22.0 Å². The Bertz CT molecular complexity index is 630. The van der Waals surface area contributed by atoms with Gasteiger partial charge in [-0.1, -0.05) is 17.2 Å². The van der Waals surface area contributed by atoms with Crippen molar-refractivity contribution in [2.75, 3.05) is 4.90 Å². The largest absolute Gasteiger partial charge is 0.489 e. The predicted octanol–water partition coefficient (Wildman–Crippen LogP) is 3.73. The first kappa shape index (κ1) is 15.6. The summed E-state index contributed by atoms with van der Waals surface area (Å²) in [5.74, 6) is -0.0257. The SMILES string of the molecule is CC(C)=C1CC(=O)N(c2ccc(Cl)c(OC(C)C)c2)C1=O. The zero-order valence-electron chi connectivity index (χ0n) is 12.6. The summed E-state index contributed by atoms with van der Waals surface area (Å²) in [6.45, 7) is 7.44. The van der Waals surface area contributed by atoms with Crippen LogP contribution in [-0.4, -0.2) is 17.9 Å². The molecule has 0 aromatic heterocycles. The second kappa shape index (κ2) is 5.90. The van der Waals surface area contributed by atoms with Crippen molar-refractivity contribution in [3.63, 3.8) is 0 Å². The summed E-state index contributed by atoms with van der Waals surface area (Å²) in [4.78, 5) is 25.7. The molecule has 0 unspecified atom stereocenters. The molecule has 21 heavy (non-hydrogen) atoms. The van der Waals surface area contributed by atoms with Gasteiger partial charge in [0, 0.05) is 11.6 Å². The van der Waals surface area contributed by atoms with Gasteiger partial charge in [0.05, 0.1) is 23.2 Å². The van der Waals surface area contributed by atoms with E-state index in [0.717, 1.165) is 5.57 Å². The molecule has 5 heteroatoms. The van der Waals surface area contributed by atoms with Gasteiger partial charge in [-0.05, 0) is 39.8 Å². The fourth-order valence-corrected chi connectivity index (χ4v) is 2.34. The number of rotatable bonds is 3. The summed E-state index contributed by atoms with van der Waals surface area (Å²) < 4.78 is 5.60. The Hall–Kier alpha value is -1.81. The van der Waals surface area contributed by atoms with E-state index in [-0.39, 0.29) is 24.3 Å². The first-order valence-electron chi connectivity index (χ1n) is 6.81. The molecule has 1 saturated heterocycles. The molecule has 0 spiro atoms. The van der Waals surface area contributed by atoms with Crippen molar-refractivity contribution in [1.29, 1.82) is 0 Å². The summed E-state index contributed by atoms with van der Waals surface area (Å²) in [5.41, 5.74) is 1.91. The van der Waals surface area contributed by atoms with E-state index >= 15 is 0 Å². The lowest BCUT2D eigenvalue weighted by molar-refractivity contribution is -0.120. The monoisotopic (exact) mass is 307 g/mol. The number of ether oxygens (including phenoxy) is 1. The number of carbonyl (C=O) groups is 2. The molecule has 1 heterocycles. The molecule has 2 rings (SSSR count). The molecule has 0 saturated carbocycles. The van der Waals surface area contributed by atoms with Gasteiger partial charge in [-0.25, -0.2) is 4.90 Å². The van der Waals surface area contributed by atoms with Crippen molar-refractivity contribution in [3.8, 4) is 5.75 Å². The van der Waals surface area contributed by atoms with Crippen LogP contribution < -0.4 is 9.64 Å². The topological polar surface area (TPSA) is 46.6 Å². The quantitative estimate of drug-likeness (QED) is 0.631. The van der Waals surface area contributed by atoms with Crippen LogP contribution in [0.1, 0.15) is 34.1 Å². The molecule has 0 N–H and O–H groups in total. The van der Waals surface area contributed by atoms with Gasteiger partial charge >= 0.3 is 0 Å². The minimum atomic E-state index is -0.266. The van der Waals surface area contributed by atoms with E-state index in [2.05, 4.69) is 0 Å².